The van der Waals surface area contributed by atoms with Crippen molar-refractivity contribution in [3.8, 4) is 0 Å². The van der Waals surface area contributed by atoms with Gasteiger partial charge in [-0.1, -0.05) is 5.16 Å². The van der Waals surface area contributed by atoms with Crippen LogP contribution in [0.15, 0.2) is 41.5 Å². The Morgan fingerprint density at radius 2 is 2.03 bits per heavy atom. The fourth-order valence-electron chi connectivity index (χ4n) is 3.63. The molecule has 0 spiro atoms. The Morgan fingerprint density at radius 3 is 2.64 bits per heavy atom. The lowest BCUT2D eigenvalue weighted by Gasteiger charge is -2.47. The van der Waals surface area contributed by atoms with E-state index in [9.17, 15) is 19.2 Å². The number of amides is 2. The van der Waals surface area contributed by atoms with Crippen LogP contribution in [0.25, 0.3) is 0 Å². The van der Waals surface area contributed by atoms with Crippen LogP contribution in [0.3, 0.4) is 0 Å². The van der Waals surface area contributed by atoms with Crippen LogP contribution in [-0.2, 0) is 30.5 Å². The number of esters is 1. The van der Waals surface area contributed by atoms with Gasteiger partial charge in [0.25, 0.3) is 11.8 Å². The number of hydrogen-bond acceptors (Lipinski definition) is 12. The molecule has 14 nitrogen and oxygen atoms in total. The van der Waals surface area contributed by atoms with Crippen LogP contribution in [0.4, 0.5) is 5.13 Å². The normalized spacial score (nSPS) is 18.9. The van der Waals surface area contributed by atoms with Crippen LogP contribution in [0.1, 0.15) is 37.0 Å². The van der Waals surface area contributed by atoms with Gasteiger partial charge in [-0.25, -0.2) is 14.2 Å². The number of carboxylic acids is 1. The average molecular weight is 577 g/mol. The second-order valence-electron chi connectivity index (χ2n) is 9.51. The number of aromatic nitrogens is 3. The van der Waals surface area contributed by atoms with Crippen LogP contribution in [0, 0.1) is 0 Å². The first-order valence-corrected chi connectivity index (χ1v) is 13.4. The van der Waals surface area contributed by atoms with E-state index in [1.807, 2.05) is 4.57 Å². The highest BCUT2D eigenvalue weighted by Crippen LogP contribution is 2.36. The summed E-state index contributed by atoms with van der Waals surface area (Å²) in [5.41, 5.74) is 5.72. The number of thioether (sulfide) groups is 1. The van der Waals surface area contributed by atoms with Gasteiger partial charge in [0.15, 0.2) is 24.1 Å². The lowest BCUT2D eigenvalue weighted by atomic mass is 10.1. The van der Waals surface area contributed by atoms with E-state index in [0.29, 0.717) is 12.3 Å². The molecule has 0 saturated carbocycles. The van der Waals surface area contributed by atoms with E-state index in [2.05, 4.69) is 19.8 Å². The molecule has 2 aliphatic heterocycles. The van der Waals surface area contributed by atoms with E-state index in [4.69, 9.17) is 20.4 Å². The minimum Gasteiger partial charge on any atom is -0.478 e. The highest BCUT2D eigenvalue weighted by molar-refractivity contribution is 8.00. The van der Waals surface area contributed by atoms with Crippen molar-refractivity contribution >= 4 is 57.9 Å². The molecule has 1 saturated heterocycles. The summed E-state index contributed by atoms with van der Waals surface area (Å²) >= 11 is 2.32. The van der Waals surface area contributed by atoms with Crippen LogP contribution in [-0.4, -0.2) is 78.2 Å². The Kier molecular flexibility index (Phi) is 8.15. The van der Waals surface area contributed by atoms with Crippen molar-refractivity contribution in [3.63, 3.8) is 0 Å². The number of carbonyl (C=O) groups excluding carboxylic acids is 3. The number of carboxylic acid groups (broad SMARTS) is 1. The fourth-order valence-corrected chi connectivity index (χ4v) is 5.32. The van der Waals surface area contributed by atoms with E-state index in [0.717, 1.165) is 17.1 Å². The zero-order valence-electron chi connectivity index (χ0n) is 21.2. The first kappa shape index (κ1) is 28.0. The first-order valence-electron chi connectivity index (χ1n) is 11.6. The van der Waals surface area contributed by atoms with Gasteiger partial charge in [0.2, 0.25) is 18.1 Å². The molecule has 0 aromatic carbocycles. The number of aromatic carboxylic acids is 1. The van der Waals surface area contributed by atoms with Gasteiger partial charge >= 0.3 is 11.9 Å². The summed E-state index contributed by atoms with van der Waals surface area (Å²) < 4.78 is 10.9. The van der Waals surface area contributed by atoms with E-state index in [1.54, 1.807) is 39.4 Å². The van der Waals surface area contributed by atoms with Crippen molar-refractivity contribution in [1.82, 2.24) is 19.6 Å². The summed E-state index contributed by atoms with van der Waals surface area (Å²) in [6, 6.07) is 2.18. The van der Waals surface area contributed by atoms with Gasteiger partial charge in [0, 0.05) is 41.2 Å². The molecule has 206 valence electrons. The summed E-state index contributed by atoms with van der Waals surface area (Å²) in [5.74, 6) is -2.28. The second-order valence-corrected chi connectivity index (χ2v) is 11.4. The maximum atomic E-state index is 13.1. The molecule has 4 N–H and O–H groups in total. The van der Waals surface area contributed by atoms with E-state index >= 15 is 0 Å². The maximum Gasteiger partial charge on any atom is 0.347 e. The first-order chi connectivity index (χ1) is 18.4. The van der Waals surface area contributed by atoms with Gasteiger partial charge < -0.3 is 30.6 Å². The molecule has 2 amide bonds. The topological polar surface area (TPSA) is 190 Å². The van der Waals surface area contributed by atoms with Crippen LogP contribution < -0.4 is 15.6 Å². The molecule has 2 atom stereocenters. The molecule has 16 heteroatoms. The number of rotatable bonds is 9. The van der Waals surface area contributed by atoms with Crippen molar-refractivity contribution < 1.29 is 38.4 Å². The van der Waals surface area contributed by atoms with Crippen LogP contribution >= 0.6 is 23.3 Å². The summed E-state index contributed by atoms with van der Waals surface area (Å²) in [5, 5.41) is 15.2. The molecule has 39 heavy (non-hydrogen) atoms. The van der Waals surface area contributed by atoms with Crippen LogP contribution in [0.5, 0.6) is 0 Å². The number of oxime groups is 1. The van der Waals surface area contributed by atoms with Gasteiger partial charge in [-0.3, -0.25) is 9.59 Å². The third kappa shape index (κ3) is 6.88. The number of nitrogens with two attached hydrogens (primary N) is 1. The van der Waals surface area contributed by atoms with Crippen LogP contribution in [0.2, 0.25) is 0 Å². The zero-order chi connectivity index (χ0) is 28.3. The van der Waals surface area contributed by atoms with Crippen molar-refractivity contribution in [2.45, 2.75) is 44.3 Å². The van der Waals surface area contributed by atoms with E-state index in [1.165, 1.54) is 28.8 Å². The number of fused-ring (bicyclic) bond motifs is 1. The maximum absolute atomic E-state index is 13.1. The SMILES string of the molecule is CC(C)(C)OC(=O)CON=C(C(=O)NC1C(=O)N2C=C(C[n+]3ccc(C(=O)O)cc3)CS[C@H]12)c1nsc(N)n1. The molecule has 0 bridgehead atoms. The number of carbonyl (C=O) groups is 4. The Labute approximate surface area is 231 Å². The third-order valence-corrected chi connectivity index (χ3v) is 7.20. The lowest BCUT2D eigenvalue weighted by Crippen LogP contribution is -2.69. The van der Waals surface area contributed by atoms with Gasteiger partial charge in [0.1, 0.15) is 17.0 Å². The smallest absolute Gasteiger partial charge is 0.347 e. The number of hydrogen-bond donors (Lipinski definition) is 3. The Bertz CT molecular complexity index is 1350. The lowest BCUT2D eigenvalue weighted by molar-refractivity contribution is -0.689. The van der Waals surface area contributed by atoms with Crippen molar-refractivity contribution in [2.75, 3.05) is 18.1 Å². The van der Waals surface area contributed by atoms with Gasteiger partial charge in [-0.2, -0.15) is 9.36 Å². The fraction of sp³-hybridized carbons (Fsp3) is 0.391. The minimum absolute atomic E-state index is 0.0968. The number of anilines is 1. The molecule has 2 aromatic heterocycles. The average Bonchev–Trinajstić information content (AvgIpc) is 3.30. The van der Waals surface area contributed by atoms with E-state index < -0.39 is 36.1 Å². The molecular formula is C23H26N7O7S2+. The van der Waals surface area contributed by atoms with Crippen molar-refractivity contribution in [3.05, 3.63) is 47.7 Å². The molecule has 4 rings (SSSR count). The summed E-state index contributed by atoms with van der Waals surface area (Å²) in [7, 11) is 0. The predicted molar refractivity (Wildman–Crippen MR) is 139 cm³/mol. The van der Waals surface area contributed by atoms with Gasteiger partial charge in [-0.05, 0) is 20.8 Å². The number of ether oxygens (including phenoxy) is 1. The second kappa shape index (κ2) is 11.4. The molecule has 4 heterocycles. The summed E-state index contributed by atoms with van der Waals surface area (Å²) in [6.45, 7) is 5.03. The van der Waals surface area contributed by atoms with Crippen molar-refractivity contribution in [1.29, 1.82) is 0 Å². The minimum atomic E-state index is -1.01. The molecule has 1 fully saturated rings. The molecule has 1 unspecified atom stereocenters. The Morgan fingerprint density at radius 1 is 1.31 bits per heavy atom. The Balaban J connectivity index is 1.39. The molecule has 2 aromatic rings. The van der Waals surface area contributed by atoms with Crippen molar-refractivity contribution in [2.24, 2.45) is 5.16 Å². The highest BCUT2D eigenvalue weighted by atomic mass is 32.2. The summed E-state index contributed by atoms with van der Waals surface area (Å²) in [6.07, 6.45) is 5.06. The molecule has 0 radical (unpaired) electrons. The molecule has 2 aliphatic rings. The monoisotopic (exact) mass is 576 g/mol. The number of nitrogen functional groups attached to an aromatic ring is 1. The summed E-state index contributed by atoms with van der Waals surface area (Å²) in [4.78, 5) is 59.4. The third-order valence-electron chi connectivity index (χ3n) is 5.28. The van der Waals surface area contributed by atoms with E-state index in [-0.39, 0.29) is 33.5 Å². The standard InChI is InChI=1S/C23H25N7O7S2/c1-23(2,3)37-14(31)10-36-27-15(17-26-22(24)39-28-17)18(32)25-16-19(33)30-9-12(11-38-20(16)30)8-29-6-4-13(5-7-29)21(34)35/h4-7,9,16,20H,8,10-11H2,1-3H3,(H3-,24,25,26,28,32,34,35)/p+1/t16?,20-/m1/s1. The van der Waals surface area contributed by atoms with Gasteiger partial charge in [-0.15, -0.1) is 11.8 Å². The largest absolute Gasteiger partial charge is 0.478 e. The number of β-lactam (4-membered cyclic amide) rings is 1. The predicted octanol–water partition coefficient (Wildman–Crippen LogP) is 0.152. The van der Waals surface area contributed by atoms with Gasteiger partial charge in [0.05, 0.1) is 5.56 Å². The Hall–Kier alpha value is -4.05. The quantitative estimate of drug-likeness (QED) is 0.121. The molecule has 0 aliphatic carbocycles. The molecular weight excluding hydrogens is 550 g/mol. The zero-order valence-corrected chi connectivity index (χ0v) is 22.8. The highest BCUT2D eigenvalue weighted by Gasteiger charge is 2.50. The number of pyridine rings is 1. The number of nitrogens with one attached hydrogen (secondary N) is 1. The number of nitrogens with zero attached hydrogens (tertiary/aromatic N) is 5.